The fraction of sp³-hybridized carbons (Fsp3) is 0.812. The van der Waals surface area contributed by atoms with Crippen LogP contribution in [0.1, 0.15) is 40.5 Å². The van der Waals surface area contributed by atoms with Gasteiger partial charge in [-0.2, -0.15) is 8.42 Å². The Labute approximate surface area is 164 Å². The minimum atomic E-state index is -3.81. The first-order chi connectivity index (χ1) is 12.7. The van der Waals surface area contributed by atoms with Crippen LogP contribution in [0.5, 0.6) is 0 Å². The molecule has 0 bridgehead atoms. The van der Waals surface area contributed by atoms with E-state index in [1.165, 1.54) is 9.80 Å². The average molecular weight is 420 g/mol. The van der Waals surface area contributed by atoms with E-state index in [1.54, 1.807) is 27.7 Å². The molecule has 2 amide bonds. The molecule has 0 aromatic heterocycles. The quantitative estimate of drug-likeness (QED) is 0.385. The molecule has 4 unspecified atom stereocenters. The lowest BCUT2D eigenvalue weighted by Crippen LogP contribution is -2.58. The molecule has 0 aliphatic carbocycles. The van der Waals surface area contributed by atoms with E-state index < -0.39 is 52.3 Å². The standard InChI is InChI=1S/C16H28N4O7S/c1-9-13(27-28(5,23)24)25-15(22)20(9)10-6-7-19(11(8-10)12(17)18)14(21)26-16(2,3)4/h9-11,13H,6-8H2,1-5H3,(H3,17,18). The van der Waals surface area contributed by atoms with E-state index in [0.717, 1.165) is 6.26 Å². The number of likely N-dealkylation sites (tertiary alicyclic amines) is 1. The van der Waals surface area contributed by atoms with Crippen molar-refractivity contribution in [3.63, 3.8) is 0 Å². The Morgan fingerprint density at radius 3 is 2.46 bits per heavy atom. The van der Waals surface area contributed by atoms with Crippen molar-refractivity contribution in [2.24, 2.45) is 5.73 Å². The summed E-state index contributed by atoms with van der Waals surface area (Å²) < 4.78 is 38.0. The smallest absolute Gasteiger partial charge is 0.412 e. The third-order valence-corrected chi connectivity index (χ3v) is 5.02. The van der Waals surface area contributed by atoms with Crippen molar-refractivity contribution in [2.75, 3.05) is 12.8 Å². The Hall–Kier alpha value is -2.08. The summed E-state index contributed by atoms with van der Waals surface area (Å²) in [4.78, 5) is 27.5. The number of cyclic esters (lactones) is 1. The number of nitrogens with one attached hydrogen (secondary N) is 1. The Morgan fingerprint density at radius 2 is 1.96 bits per heavy atom. The van der Waals surface area contributed by atoms with Crippen molar-refractivity contribution < 1.29 is 31.7 Å². The van der Waals surface area contributed by atoms with Gasteiger partial charge in [0.1, 0.15) is 11.4 Å². The third-order valence-electron chi connectivity index (χ3n) is 4.49. The van der Waals surface area contributed by atoms with Crippen LogP contribution < -0.4 is 5.73 Å². The second-order valence-corrected chi connectivity index (χ2v) is 9.62. The molecule has 0 aromatic carbocycles. The van der Waals surface area contributed by atoms with E-state index in [4.69, 9.17) is 24.8 Å². The van der Waals surface area contributed by atoms with Crippen LogP contribution in [0, 0.1) is 5.41 Å². The molecule has 28 heavy (non-hydrogen) atoms. The molecule has 2 aliphatic heterocycles. The highest BCUT2D eigenvalue weighted by Crippen LogP contribution is 2.31. The first kappa shape index (κ1) is 22.2. The number of carbonyl (C=O) groups excluding carboxylic acids is 2. The molecule has 11 nitrogen and oxygen atoms in total. The molecular formula is C16H28N4O7S. The number of piperidine rings is 1. The zero-order valence-corrected chi connectivity index (χ0v) is 17.5. The highest BCUT2D eigenvalue weighted by Gasteiger charge is 2.48. The van der Waals surface area contributed by atoms with Crippen LogP contribution in [-0.4, -0.2) is 79.1 Å². The van der Waals surface area contributed by atoms with E-state index in [-0.39, 0.29) is 18.8 Å². The predicted molar refractivity (Wildman–Crippen MR) is 99.2 cm³/mol. The Balaban J connectivity index is 2.14. The molecule has 12 heteroatoms. The molecule has 0 saturated carbocycles. The summed E-state index contributed by atoms with van der Waals surface area (Å²) in [6, 6.07) is -1.81. The van der Waals surface area contributed by atoms with Gasteiger partial charge in [-0.05, 0) is 40.5 Å². The van der Waals surface area contributed by atoms with Crippen LogP contribution in [0.3, 0.4) is 0 Å². The topological polar surface area (TPSA) is 152 Å². The maximum Gasteiger partial charge on any atom is 0.412 e. The lowest BCUT2D eigenvalue weighted by Gasteiger charge is -2.42. The van der Waals surface area contributed by atoms with Crippen LogP contribution in [0.4, 0.5) is 9.59 Å². The van der Waals surface area contributed by atoms with Gasteiger partial charge in [0, 0.05) is 12.6 Å². The SMILES string of the molecule is CC1C(OS(C)(=O)=O)OC(=O)N1C1CCN(C(=O)OC(C)(C)C)C(C(=N)N)C1. The normalized spacial score (nSPS) is 28.8. The Bertz CT molecular complexity index is 749. The Kier molecular flexibility index (Phi) is 6.14. The fourth-order valence-electron chi connectivity index (χ4n) is 3.34. The molecule has 4 atom stereocenters. The molecule has 2 aliphatic rings. The zero-order chi connectivity index (χ0) is 21.4. The fourth-order valence-corrected chi connectivity index (χ4v) is 3.89. The van der Waals surface area contributed by atoms with Crippen LogP contribution in [0.15, 0.2) is 0 Å². The summed E-state index contributed by atoms with van der Waals surface area (Å²) in [5.41, 5.74) is 5.00. The van der Waals surface area contributed by atoms with E-state index in [9.17, 15) is 18.0 Å². The second kappa shape index (κ2) is 7.74. The second-order valence-electron chi connectivity index (χ2n) is 8.02. The van der Waals surface area contributed by atoms with Crippen LogP contribution in [0.2, 0.25) is 0 Å². The van der Waals surface area contributed by atoms with Gasteiger partial charge in [-0.25, -0.2) is 13.8 Å². The van der Waals surface area contributed by atoms with Crippen LogP contribution in [0.25, 0.3) is 0 Å². The molecule has 0 spiro atoms. The zero-order valence-electron chi connectivity index (χ0n) is 16.7. The van der Waals surface area contributed by atoms with Crippen LogP contribution >= 0.6 is 0 Å². The predicted octanol–water partition coefficient (Wildman–Crippen LogP) is 0.833. The van der Waals surface area contributed by atoms with Gasteiger partial charge in [0.05, 0.1) is 18.3 Å². The molecular weight excluding hydrogens is 392 g/mol. The molecule has 0 radical (unpaired) electrons. The number of hydrogen-bond acceptors (Lipinski definition) is 8. The lowest BCUT2D eigenvalue weighted by atomic mass is 9.94. The lowest BCUT2D eigenvalue weighted by molar-refractivity contribution is -0.0112. The summed E-state index contributed by atoms with van der Waals surface area (Å²) in [6.07, 6.45) is -1.06. The summed E-state index contributed by atoms with van der Waals surface area (Å²) in [5, 5.41) is 7.85. The van der Waals surface area contributed by atoms with E-state index in [0.29, 0.717) is 6.42 Å². The molecule has 160 valence electrons. The molecule has 0 aromatic rings. The maximum absolute atomic E-state index is 12.5. The largest absolute Gasteiger partial charge is 0.444 e. The van der Waals surface area contributed by atoms with Crippen molar-refractivity contribution in [1.29, 1.82) is 5.41 Å². The van der Waals surface area contributed by atoms with Crippen molar-refractivity contribution in [2.45, 2.75) is 70.6 Å². The third kappa shape index (κ3) is 5.25. The Morgan fingerprint density at radius 1 is 1.36 bits per heavy atom. The summed E-state index contributed by atoms with van der Waals surface area (Å²) in [7, 11) is -3.81. The maximum atomic E-state index is 12.5. The number of nitrogens with zero attached hydrogens (tertiary/aromatic N) is 2. The van der Waals surface area contributed by atoms with Gasteiger partial charge < -0.3 is 15.2 Å². The number of hydrogen-bond donors (Lipinski definition) is 2. The number of nitrogens with two attached hydrogens (primary N) is 1. The molecule has 2 saturated heterocycles. The number of rotatable bonds is 4. The van der Waals surface area contributed by atoms with Crippen molar-refractivity contribution in [3.05, 3.63) is 0 Å². The number of amides is 2. The number of amidine groups is 1. The molecule has 2 heterocycles. The summed E-state index contributed by atoms with van der Waals surface area (Å²) in [6.45, 7) is 7.06. The van der Waals surface area contributed by atoms with Gasteiger partial charge in [0.25, 0.3) is 10.1 Å². The molecule has 3 N–H and O–H groups in total. The highest BCUT2D eigenvalue weighted by molar-refractivity contribution is 7.86. The summed E-state index contributed by atoms with van der Waals surface area (Å²) in [5.74, 6) is -0.222. The van der Waals surface area contributed by atoms with Gasteiger partial charge >= 0.3 is 12.2 Å². The minimum Gasteiger partial charge on any atom is -0.444 e. The highest BCUT2D eigenvalue weighted by atomic mass is 32.2. The number of ether oxygens (including phenoxy) is 2. The first-order valence-electron chi connectivity index (χ1n) is 8.90. The van der Waals surface area contributed by atoms with Crippen molar-refractivity contribution in [3.8, 4) is 0 Å². The van der Waals surface area contributed by atoms with E-state index in [1.807, 2.05) is 0 Å². The number of carbonyl (C=O) groups is 2. The van der Waals surface area contributed by atoms with Crippen LogP contribution in [-0.2, 0) is 23.8 Å². The minimum absolute atomic E-state index is 0.208. The molecule has 2 fully saturated rings. The van der Waals surface area contributed by atoms with Crippen molar-refractivity contribution >= 4 is 28.1 Å². The van der Waals surface area contributed by atoms with Gasteiger partial charge in [-0.3, -0.25) is 15.2 Å². The van der Waals surface area contributed by atoms with Gasteiger partial charge in [-0.1, -0.05) is 0 Å². The summed E-state index contributed by atoms with van der Waals surface area (Å²) >= 11 is 0. The first-order valence-corrected chi connectivity index (χ1v) is 10.7. The van der Waals surface area contributed by atoms with Crippen molar-refractivity contribution in [1.82, 2.24) is 9.80 Å². The van der Waals surface area contributed by atoms with Gasteiger partial charge in [0.15, 0.2) is 0 Å². The van der Waals surface area contributed by atoms with E-state index >= 15 is 0 Å². The van der Waals surface area contributed by atoms with Gasteiger partial charge in [-0.15, -0.1) is 0 Å². The van der Waals surface area contributed by atoms with E-state index in [2.05, 4.69) is 0 Å². The average Bonchev–Trinajstić information content (AvgIpc) is 2.77. The van der Waals surface area contributed by atoms with Gasteiger partial charge in [0.2, 0.25) is 6.29 Å². The molecule has 2 rings (SSSR count). The monoisotopic (exact) mass is 420 g/mol.